The Balaban J connectivity index is 2.10. The number of anilines is 2. The number of ether oxygens (including phenoxy) is 1. The van der Waals surface area contributed by atoms with Gasteiger partial charge in [0.25, 0.3) is 0 Å². The third kappa shape index (κ3) is 3.09. The molecular weight excluding hydrogens is 248 g/mol. The zero-order valence-corrected chi connectivity index (χ0v) is 11.3. The van der Waals surface area contributed by atoms with Crippen molar-refractivity contribution in [2.75, 3.05) is 24.8 Å². The Bertz CT molecular complexity index is 527. The molecule has 0 spiro atoms. The molecule has 2 N–H and O–H groups in total. The van der Waals surface area contributed by atoms with Gasteiger partial charge in [0.1, 0.15) is 5.76 Å². The van der Waals surface area contributed by atoms with E-state index in [0.29, 0.717) is 24.3 Å². The Morgan fingerprint density at radius 3 is 2.42 bits per heavy atom. The van der Waals surface area contributed by atoms with E-state index in [-0.39, 0.29) is 6.01 Å². The fraction of sp³-hybridized carbons (Fsp3) is 0.455. The zero-order chi connectivity index (χ0) is 13.8. The van der Waals surface area contributed by atoms with Crippen molar-refractivity contribution in [3.63, 3.8) is 0 Å². The second-order valence-electron chi connectivity index (χ2n) is 3.82. The van der Waals surface area contributed by atoms with Crippen molar-refractivity contribution in [1.82, 2.24) is 19.9 Å². The second-order valence-corrected chi connectivity index (χ2v) is 3.82. The molecule has 2 aromatic heterocycles. The van der Waals surface area contributed by atoms with Gasteiger partial charge in [-0.2, -0.15) is 15.0 Å². The first kappa shape index (κ1) is 13.1. The van der Waals surface area contributed by atoms with Gasteiger partial charge >= 0.3 is 6.01 Å². The molecule has 0 amide bonds. The lowest BCUT2D eigenvalue weighted by Gasteiger charge is -2.06. The van der Waals surface area contributed by atoms with Crippen molar-refractivity contribution < 1.29 is 9.15 Å². The van der Waals surface area contributed by atoms with Gasteiger partial charge in [-0.15, -0.1) is 0 Å². The van der Waals surface area contributed by atoms with Gasteiger partial charge in [0.05, 0.1) is 19.3 Å². The number of methoxy groups -OCH3 is 1. The summed E-state index contributed by atoms with van der Waals surface area (Å²) in [7, 11) is 3.22. The Morgan fingerprint density at radius 1 is 1.11 bits per heavy atom. The Hall–Kier alpha value is -2.38. The molecule has 2 rings (SSSR count). The van der Waals surface area contributed by atoms with Gasteiger partial charge in [-0.05, 0) is 13.8 Å². The zero-order valence-electron chi connectivity index (χ0n) is 11.3. The standard InChI is InChI=1S/C11H16N6O2/c1-6-7(2)19-8(14-6)5-13-10-15-9(12-3)16-11(17-10)18-4/h5H2,1-4H3,(H2,12,13,15,16,17). The summed E-state index contributed by atoms with van der Waals surface area (Å²) in [5, 5.41) is 5.84. The molecule has 0 aliphatic heterocycles. The molecule has 0 atom stereocenters. The lowest BCUT2D eigenvalue weighted by molar-refractivity contribution is 0.379. The third-order valence-corrected chi connectivity index (χ3v) is 2.49. The molecule has 8 heteroatoms. The van der Waals surface area contributed by atoms with Gasteiger partial charge in [0, 0.05) is 7.05 Å². The Morgan fingerprint density at radius 2 is 1.84 bits per heavy atom. The lowest BCUT2D eigenvalue weighted by Crippen LogP contribution is -2.08. The van der Waals surface area contributed by atoms with E-state index in [0.717, 1.165) is 11.5 Å². The van der Waals surface area contributed by atoms with Gasteiger partial charge in [0.2, 0.25) is 17.8 Å². The van der Waals surface area contributed by atoms with E-state index in [1.54, 1.807) is 7.05 Å². The van der Waals surface area contributed by atoms with Crippen LogP contribution in [0.25, 0.3) is 0 Å². The second kappa shape index (κ2) is 5.51. The topological polar surface area (TPSA) is 98.0 Å². The molecule has 0 saturated heterocycles. The normalized spacial score (nSPS) is 10.3. The van der Waals surface area contributed by atoms with Crippen molar-refractivity contribution in [2.45, 2.75) is 20.4 Å². The summed E-state index contributed by atoms with van der Waals surface area (Å²) < 4.78 is 10.4. The van der Waals surface area contributed by atoms with Crippen LogP contribution >= 0.6 is 0 Å². The fourth-order valence-corrected chi connectivity index (χ4v) is 1.41. The van der Waals surface area contributed by atoms with E-state index < -0.39 is 0 Å². The molecule has 0 radical (unpaired) electrons. The molecule has 0 bridgehead atoms. The van der Waals surface area contributed by atoms with Crippen LogP contribution in [0.4, 0.5) is 11.9 Å². The molecule has 0 fully saturated rings. The maximum atomic E-state index is 5.46. The molecule has 102 valence electrons. The lowest BCUT2D eigenvalue weighted by atomic mass is 10.4. The molecule has 2 aromatic rings. The van der Waals surface area contributed by atoms with Crippen LogP contribution in [0, 0.1) is 13.8 Å². The summed E-state index contributed by atoms with van der Waals surface area (Å²) in [6.07, 6.45) is 0. The van der Waals surface area contributed by atoms with Crippen molar-refractivity contribution in [3.8, 4) is 6.01 Å². The van der Waals surface area contributed by atoms with E-state index >= 15 is 0 Å². The van der Waals surface area contributed by atoms with Crippen molar-refractivity contribution >= 4 is 11.9 Å². The van der Waals surface area contributed by atoms with Gasteiger partial charge in [0.15, 0.2) is 0 Å². The van der Waals surface area contributed by atoms with Crippen LogP contribution in [0.3, 0.4) is 0 Å². The average molecular weight is 264 g/mol. The quantitative estimate of drug-likeness (QED) is 0.829. The summed E-state index contributed by atoms with van der Waals surface area (Å²) in [5.41, 5.74) is 0.876. The van der Waals surface area contributed by atoms with Gasteiger partial charge in [-0.3, -0.25) is 0 Å². The maximum Gasteiger partial charge on any atom is 0.322 e. The molecular formula is C11H16N6O2. The summed E-state index contributed by atoms with van der Waals surface area (Å²) in [5.74, 6) is 2.21. The van der Waals surface area contributed by atoms with Gasteiger partial charge in [-0.1, -0.05) is 0 Å². The third-order valence-electron chi connectivity index (χ3n) is 2.49. The molecule has 0 aliphatic rings. The van der Waals surface area contributed by atoms with Crippen LogP contribution in [-0.2, 0) is 6.54 Å². The molecule has 0 saturated carbocycles. The number of oxazole rings is 1. The molecule has 8 nitrogen and oxygen atoms in total. The predicted octanol–water partition coefficient (Wildman–Crippen LogP) is 1.14. The monoisotopic (exact) mass is 264 g/mol. The highest BCUT2D eigenvalue weighted by atomic mass is 16.5. The number of aromatic nitrogens is 4. The number of hydrogen-bond donors (Lipinski definition) is 2. The van der Waals surface area contributed by atoms with E-state index in [9.17, 15) is 0 Å². The molecule has 0 aromatic carbocycles. The first-order chi connectivity index (χ1) is 9.12. The van der Waals surface area contributed by atoms with Crippen LogP contribution in [-0.4, -0.2) is 34.1 Å². The Kier molecular flexibility index (Phi) is 3.79. The molecule has 0 unspecified atom stereocenters. The van der Waals surface area contributed by atoms with E-state index in [2.05, 4.69) is 30.6 Å². The van der Waals surface area contributed by atoms with Crippen LogP contribution < -0.4 is 15.4 Å². The summed E-state index contributed by atoms with van der Waals surface area (Å²) >= 11 is 0. The fourth-order valence-electron chi connectivity index (χ4n) is 1.41. The highest BCUT2D eigenvalue weighted by Gasteiger charge is 2.08. The Labute approximate surface area is 110 Å². The highest BCUT2D eigenvalue weighted by molar-refractivity contribution is 5.35. The van der Waals surface area contributed by atoms with E-state index in [1.807, 2.05) is 13.8 Å². The van der Waals surface area contributed by atoms with Crippen LogP contribution in [0.15, 0.2) is 4.42 Å². The average Bonchev–Trinajstić information content (AvgIpc) is 2.75. The SMILES string of the molecule is CNc1nc(NCc2nc(C)c(C)o2)nc(OC)n1. The minimum atomic E-state index is 0.238. The summed E-state index contributed by atoms with van der Waals surface area (Å²) in [6, 6.07) is 0.238. The van der Waals surface area contributed by atoms with Crippen LogP contribution in [0.5, 0.6) is 6.01 Å². The largest absolute Gasteiger partial charge is 0.467 e. The van der Waals surface area contributed by atoms with Crippen molar-refractivity contribution in [2.24, 2.45) is 0 Å². The minimum absolute atomic E-state index is 0.238. The summed E-state index contributed by atoms with van der Waals surface area (Å²) in [4.78, 5) is 16.5. The first-order valence-corrected chi connectivity index (χ1v) is 5.77. The number of hydrogen-bond acceptors (Lipinski definition) is 8. The van der Waals surface area contributed by atoms with Crippen LogP contribution in [0.2, 0.25) is 0 Å². The number of rotatable bonds is 5. The van der Waals surface area contributed by atoms with Gasteiger partial charge in [-0.25, -0.2) is 4.98 Å². The number of nitrogens with one attached hydrogen (secondary N) is 2. The van der Waals surface area contributed by atoms with Crippen LogP contribution in [0.1, 0.15) is 17.3 Å². The maximum absolute atomic E-state index is 5.46. The highest BCUT2D eigenvalue weighted by Crippen LogP contribution is 2.12. The smallest absolute Gasteiger partial charge is 0.322 e. The van der Waals surface area contributed by atoms with Crippen molar-refractivity contribution in [1.29, 1.82) is 0 Å². The first-order valence-electron chi connectivity index (χ1n) is 5.77. The van der Waals surface area contributed by atoms with E-state index in [1.165, 1.54) is 7.11 Å². The molecule has 2 heterocycles. The number of aryl methyl sites for hydroxylation is 2. The molecule has 19 heavy (non-hydrogen) atoms. The van der Waals surface area contributed by atoms with Crippen molar-refractivity contribution in [3.05, 3.63) is 17.3 Å². The predicted molar refractivity (Wildman–Crippen MR) is 69.2 cm³/mol. The minimum Gasteiger partial charge on any atom is -0.467 e. The molecule has 0 aliphatic carbocycles. The van der Waals surface area contributed by atoms with Gasteiger partial charge < -0.3 is 19.8 Å². The number of nitrogens with zero attached hydrogens (tertiary/aromatic N) is 4. The van der Waals surface area contributed by atoms with E-state index in [4.69, 9.17) is 9.15 Å². The summed E-state index contributed by atoms with van der Waals surface area (Å²) in [6.45, 7) is 4.16.